The summed E-state index contributed by atoms with van der Waals surface area (Å²) in [4.78, 5) is 25.8. The summed E-state index contributed by atoms with van der Waals surface area (Å²) in [6, 6.07) is 4.91. The van der Waals surface area contributed by atoms with Crippen LogP contribution < -0.4 is 15.5 Å². The quantitative estimate of drug-likeness (QED) is 0.704. The van der Waals surface area contributed by atoms with Crippen LogP contribution in [0.5, 0.6) is 0 Å². The Morgan fingerprint density at radius 3 is 2.67 bits per heavy atom. The number of fused-ring (bicyclic) bond motifs is 1. The fourth-order valence-electron chi connectivity index (χ4n) is 3.54. The van der Waals surface area contributed by atoms with Gasteiger partial charge in [0, 0.05) is 28.9 Å². The van der Waals surface area contributed by atoms with E-state index in [1.807, 2.05) is 6.07 Å². The minimum absolute atomic E-state index is 0.0517. The van der Waals surface area contributed by atoms with Crippen molar-refractivity contribution in [2.45, 2.75) is 43.0 Å². The molecule has 3 rings (SSSR count). The van der Waals surface area contributed by atoms with Crippen LogP contribution >= 0.6 is 11.8 Å². The van der Waals surface area contributed by atoms with E-state index in [0.29, 0.717) is 43.6 Å². The van der Waals surface area contributed by atoms with Crippen LogP contribution in [0.1, 0.15) is 25.7 Å². The molecule has 1 aromatic carbocycles. The Balaban J connectivity index is 1.58. The number of nitrogens with zero attached hydrogens (tertiary/aromatic N) is 1. The number of anilines is 2. The molecule has 1 aromatic rings. The molecule has 1 saturated carbocycles. The van der Waals surface area contributed by atoms with Gasteiger partial charge in [-0.3, -0.25) is 4.79 Å². The first-order valence-corrected chi connectivity index (χ1v) is 10.0. The van der Waals surface area contributed by atoms with E-state index in [2.05, 4.69) is 10.6 Å². The monoisotopic (exact) mass is 399 g/mol. The highest BCUT2D eigenvalue weighted by Crippen LogP contribution is 2.37. The third kappa shape index (κ3) is 5.24. The molecule has 2 amide bonds. The number of nitrogens with one attached hydrogen (secondary N) is 2. The molecule has 3 N–H and O–H groups in total. The summed E-state index contributed by atoms with van der Waals surface area (Å²) in [6.45, 7) is 0.223. The van der Waals surface area contributed by atoms with Gasteiger partial charge in [-0.25, -0.2) is 13.6 Å². The smallest absolute Gasteiger partial charge is 0.319 e. The van der Waals surface area contributed by atoms with Crippen LogP contribution in [0.15, 0.2) is 23.1 Å². The van der Waals surface area contributed by atoms with Gasteiger partial charge in [0.05, 0.1) is 18.2 Å². The van der Waals surface area contributed by atoms with Gasteiger partial charge in [-0.2, -0.15) is 0 Å². The second-order valence-electron chi connectivity index (χ2n) is 6.85. The predicted molar refractivity (Wildman–Crippen MR) is 101 cm³/mol. The van der Waals surface area contributed by atoms with Gasteiger partial charge in [-0.15, -0.1) is 11.8 Å². The Bertz CT molecular complexity index is 696. The van der Waals surface area contributed by atoms with Crippen LogP contribution in [0, 0.1) is 5.92 Å². The summed E-state index contributed by atoms with van der Waals surface area (Å²) >= 11 is 1.62. The molecule has 9 heteroatoms. The van der Waals surface area contributed by atoms with E-state index in [4.69, 9.17) is 5.11 Å². The summed E-state index contributed by atoms with van der Waals surface area (Å²) in [7, 11) is 0. The van der Waals surface area contributed by atoms with E-state index < -0.39 is 12.4 Å². The van der Waals surface area contributed by atoms with Crippen molar-refractivity contribution in [3.8, 4) is 0 Å². The number of rotatable bonds is 5. The fourth-order valence-corrected chi connectivity index (χ4v) is 4.58. The van der Waals surface area contributed by atoms with E-state index >= 15 is 0 Å². The van der Waals surface area contributed by atoms with Crippen molar-refractivity contribution in [2.75, 3.05) is 29.1 Å². The number of urea groups is 1. The molecule has 1 aliphatic heterocycles. The highest BCUT2D eigenvalue weighted by atomic mass is 32.2. The summed E-state index contributed by atoms with van der Waals surface area (Å²) in [5.74, 6) is -0.352. The lowest BCUT2D eigenvalue weighted by atomic mass is 9.86. The number of amides is 2. The van der Waals surface area contributed by atoms with Crippen molar-refractivity contribution < 1.29 is 23.5 Å². The van der Waals surface area contributed by atoms with Gasteiger partial charge >= 0.3 is 12.0 Å². The molecule has 0 unspecified atom stereocenters. The van der Waals surface area contributed by atoms with Crippen molar-refractivity contribution in [3.63, 3.8) is 0 Å². The molecule has 0 aromatic heterocycles. The van der Waals surface area contributed by atoms with Gasteiger partial charge in [0.15, 0.2) is 0 Å². The van der Waals surface area contributed by atoms with Gasteiger partial charge in [0.2, 0.25) is 0 Å². The Kier molecular flexibility index (Phi) is 6.41. The molecule has 0 radical (unpaired) electrons. The predicted octanol–water partition coefficient (Wildman–Crippen LogP) is 3.63. The number of carbonyl (C=O) groups is 2. The summed E-state index contributed by atoms with van der Waals surface area (Å²) in [6.07, 6.45) is -0.0414. The number of thioether (sulfide) groups is 1. The Morgan fingerprint density at radius 1 is 1.26 bits per heavy atom. The lowest BCUT2D eigenvalue weighted by Crippen LogP contribution is -2.41. The van der Waals surface area contributed by atoms with Crippen LogP contribution in [0.4, 0.5) is 25.0 Å². The van der Waals surface area contributed by atoms with Gasteiger partial charge in [0.1, 0.15) is 0 Å². The fraction of sp³-hybridized carbons (Fsp3) is 0.556. The Morgan fingerprint density at radius 2 is 2.00 bits per heavy atom. The van der Waals surface area contributed by atoms with Crippen molar-refractivity contribution in [1.29, 1.82) is 0 Å². The molecule has 1 aliphatic carbocycles. The van der Waals surface area contributed by atoms with Gasteiger partial charge in [0.25, 0.3) is 6.43 Å². The number of benzene rings is 1. The summed E-state index contributed by atoms with van der Waals surface area (Å²) in [5.41, 5.74) is 1.26. The Hall–Kier alpha value is -2.03. The average molecular weight is 399 g/mol. The lowest BCUT2D eigenvalue weighted by Gasteiger charge is -2.31. The summed E-state index contributed by atoms with van der Waals surface area (Å²) < 4.78 is 25.6. The molecule has 0 spiro atoms. The molecule has 0 atom stereocenters. The zero-order chi connectivity index (χ0) is 19.4. The number of carboxylic acid groups (broad SMARTS) is 1. The standard InChI is InChI=1S/C18H23F2N3O3S/c19-16(20)10-23-7-8-27-15-6-5-13(9-14(15)23)22-18(26)21-12-3-1-11(2-4-12)17(24)25/h5-6,9,11-12,16H,1-4,7-8,10H2,(H,24,25)(H2,21,22,26). The van der Waals surface area contributed by atoms with Crippen LogP contribution in [0.3, 0.4) is 0 Å². The normalized spacial score (nSPS) is 22.3. The van der Waals surface area contributed by atoms with Crippen LogP contribution in [-0.4, -0.2) is 48.4 Å². The van der Waals surface area contributed by atoms with Crippen molar-refractivity contribution in [1.82, 2.24) is 5.32 Å². The van der Waals surface area contributed by atoms with Crippen molar-refractivity contribution in [2.24, 2.45) is 5.92 Å². The zero-order valence-electron chi connectivity index (χ0n) is 14.8. The molecule has 0 saturated heterocycles. The molecular weight excluding hydrogens is 376 g/mol. The number of aliphatic carboxylic acids is 1. The SMILES string of the molecule is O=C(Nc1ccc2c(c1)N(CC(F)F)CCS2)NC1CCC(C(=O)O)CC1. The lowest BCUT2D eigenvalue weighted by molar-refractivity contribution is -0.142. The third-order valence-electron chi connectivity index (χ3n) is 4.95. The number of hydrogen-bond acceptors (Lipinski definition) is 4. The van der Waals surface area contributed by atoms with Crippen molar-refractivity contribution in [3.05, 3.63) is 18.2 Å². The first kappa shape index (κ1) is 19.7. The number of carboxylic acids is 1. The molecule has 1 fully saturated rings. The second-order valence-corrected chi connectivity index (χ2v) is 7.99. The summed E-state index contributed by atoms with van der Waals surface area (Å²) in [5, 5.41) is 14.6. The van der Waals surface area contributed by atoms with Crippen molar-refractivity contribution >= 4 is 35.1 Å². The average Bonchev–Trinajstić information content (AvgIpc) is 2.62. The molecule has 2 aliphatic rings. The topological polar surface area (TPSA) is 81.7 Å². The number of hydrogen-bond donors (Lipinski definition) is 3. The van der Waals surface area contributed by atoms with Gasteiger partial charge in [-0.1, -0.05) is 0 Å². The van der Waals surface area contributed by atoms with E-state index in [9.17, 15) is 18.4 Å². The third-order valence-corrected chi connectivity index (χ3v) is 5.99. The zero-order valence-corrected chi connectivity index (χ0v) is 15.6. The molecule has 6 nitrogen and oxygen atoms in total. The Labute approximate surface area is 160 Å². The number of halogens is 2. The maximum Gasteiger partial charge on any atom is 0.319 e. The van der Waals surface area contributed by atoms with E-state index in [1.54, 1.807) is 28.8 Å². The van der Waals surface area contributed by atoms with E-state index in [1.165, 1.54) is 0 Å². The first-order valence-electron chi connectivity index (χ1n) is 9.02. The molecule has 27 heavy (non-hydrogen) atoms. The minimum atomic E-state index is -2.42. The second kappa shape index (κ2) is 8.77. The van der Waals surface area contributed by atoms with Gasteiger partial charge in [-0.05, 0) is 43.9 Å². The minimum Gasteiger partial charge on any atom is -0.481 e. The highest BCUT2D eigenvalue weighted by molar-refractivity contribution is 7.99. The number of carbonyl (C=O) groups excluding carboxylic acids is 1. The van der Waals surface area contributed by atoms with Crippen LogP contribution in [0.25, 0.3) is 0 Å². The van der Waals surface area contributed by atoms with Crippen LogP contribution in [-0.2, 0) is 4.79 Å². The van der Waals surface area contributed by atoms with Crippen LogP contribution in [0.2, 0.25) is 0 Å². The maximum absolute atomic E-state index is 12.8. The van der Waals surface area contributed by atoms with E-state index in [0.717, 1.165) is 10.6 Å². The highest BCUT2D eigenvalue weighted by Gasteiger charge is 2.27. The number of alkyl halides is 2. The largest absolute Gasteiger partial charge is 0.481 e. The maximum atomic E-state index is 12.8. The first-order chi connectivity index (χ1) is 12.9. The molecule has 148 valence electrons. The van der Waals surface area contributed by atoms with Gasteiger partial charge < -0.3 is 20.6 Å². The molecule has 0 bridgehead atoms. The van der Waals surface area contributed by atoms with E-state index in [-0.39, 0.29) is 24.5 Å². The molecular formula is C18H23F2N3O3S. The molecule has 1 heterocycles.